The largest absolute Gasteiger partial charge is 0.474 e. The number of aryl methyl sites for hydroxylation is 1. The van der Waals surface area contributed by atoms with Crippen molar-refractivity contribution >= 4 is 17.7 Å². The maximum Gasteiger partial charge on any atom is 0.408 e. The predicted octanol–water partition coefficient (Wildman–Crippen LogP) is 0.669. The molecule has 1 aliphatic rings. The van der Waals surface area contributed by atoms with Crippen molar-refractivity contribution in [1.29, 1.82) is 0 Å². The van der Waals surface area contributed by atoms with Crippen LogP contribution in [0.25, 0.3) is 0 Å². The van der Waals surface area contributed by atoms with Crippen LogP contribution in [0.3, 0.4) is 0 Å². The number of nitrogens with zero attached hydrogens (tertiary/aromatic N) is 3. The molecule has 0 spiro atoms. The maximum atomic E-state index is 12.4. The summed E-state index contributed by atoms with van der Waals surface area (Å²) in [6, 6.07) is -0.808. The molecule has 1 aromatic rings. The summed E-state index contributed by atoms with van der Waals surface area (Å²) in [6.07, 6.45) is 0.894. The first-order valence-electron chi connectivity index (χ1n) is 6.61. The maximum absolute atomic E-state index is 12.4. The molecule has 8 heteroatoms. The molecule has 0 aliphatic carbocycles. The Morgan fingerprint density at radius 2 is 2.14 bits per heavy atom. The number of hydrogen-bond donors (Lipinski definition) is 1. The molecule has 1 N–H and O–H groups in total. The number of ether oxygens (including phenoxy) is 2. The Morgan fingerprint density at radius 1 is 1.48 bits per heavy atom. The third kappa shape index (κ3) is 3.26. The summed E-state index contributed by atoms with van der Waals surface area (Å²) in [5, 5.41) is 6.58. The van der Waals surface area contributed by atoms with Gasteiger partial charge in [-0.25, -0.2) is 9.48 Å². The quantitative estimate of drug-likeness (QED) is 0.823. The molecule has 0 fully saturated rings. The summed E-state index contributed by atoms with van der Waals surface area (Å²) in [7, 11) is 3.33. The molecule has 21 heavy (non-hydrogen) atoms. The van der Waals surface area contributed by atoms with Gasteiger partial charge in [-0.15, -0.1) is 0 Å². The lowest BCUT2D eigenvalue weighted by molar-refractivity contribution is -0.120. The Balaban J connectivity index is 2.11. The van der Waals surface area contributed by atoms with Crippen molar-refractivity contribution in [1.82, 2.24) is 15.1 Å². The zero-order valence-corrected chi connectivity index (χ0v) is 12.8. The molecule has 1 aromatic heterocycles. The van der Waals surface area contributed by atoms with Gasteiger partial charge in [0.05, 0.1) is 6.20 Å². The highest BCUT2D eigenvalue weighted by Crippen LogP contribution is 2.29. The third-order valence-corrected chi connectivity index (χ3v) is 2.93. The number of alkyl carbamates (subject to hydrolysis) is 1. The number of aromatic nitrogens is 2. The molecule has 0 bridgehead atoms. The van der Waals surface area contributed by atoms with E-state index in [-0.39, 0.29) is 12.5 Å². The zero-order chi connectivity index (χ0) is 15.8. The van der Waals surface area contributed by atoms with Gasteiger partial charge in [-0.1, -0.05) is 0 Å². The highest BCUT2D eigenvalue weighted by Gasteiger charge is 2.33. The van der Waals surface area contributed by atoms with Gasteiger partial charge in [0.25, 0.3) is 5.91 Å². The smallest absolute Gasteiger partial charge is 0.408 e. The van der Waals surface area contributed by atoms with Crippen LogP contribution >= 0.6 is 0 Å². The fourth-order valence-electron chi connectivity index (χ4n) is 1.95. The van der Waals surface area contributed by atoms with Crippen molar-refractivity contribution in [2.45, 2.75) is 32.4 Å². The second-order valence-corrected chi connectivity index (χ2v) is 5.87. The van der Waals surface area contributed by atoms with Crippen LogP contribution in [0.5, 0.6) is 5.88 Å². The van der Waals surface area contributed by atoms with Crippen LogP contribution < -0.4 is 15.0 Å². The number of likely N-dealkylation sites (N-methyl/N-ethyl adjacent to an activating group) is 1. The van der Waals surface area contributed by atoms with Gasteiger partial charge in [-0.3, -0.25) is 4.79 Å². The molecule has 0 radical (unpaired) electrons. The van der Waals surface area contributed by atoms with Gasteiger partial charge in [0.15, 0.2) is 0 Å². The Labute approximate surface area is 123 Å². The molecule has 2 rings (SSSR count). The van der Waals surface area contributed by atoms with Gasteiger partial charge < -0.3 is 19.7 Å². The fraction of sp³-hybridized carbons (Fsp3) is 0.615. The molecule has 2 heterocycles. The van der Waals surface area contributed by atoms with Gasteiger partial charge in [-0.05, 0) is 20.8 Å². The molecule has 0 unspecified atom stereocenters. The zero-order valence-electron chi connectivity index (χ0n) is 12.8. The minimum absolute atomic E-state index is 0.0228. The molecule has 0 aromatic carbocycles. The van der Waals surface area contributed by atoms with Crippen LogP contribution in [0.2, 0.25) is 0 Å². The van der Waals surface area contributed by atoms with E-state index in [9.17, 15) is 9.59 Å². The Hall–Kier alpha value is -2.25. The SMILES string of the molecule is CN1C(=O)[C@@H](NC(=O)OC(C)(C)C)COc2c1cnn2C. The van der Waals surface area contributed by atoms with Crippen LogP contribution in [0.1, 0.15) is 20.8 Å². The third-order valence-electron chi connectivity index (χ3n) is 2.93. The van der Waals surface area contributed by atoms with Crippen molar-refractivity contribution in [3.8, 4) is 5.88 Å². The lowest BCUT2D eigenvalue weighted by Gasteiger charge is -2.23. The Bertz CT molecular complexity index is 561. The van der Waals surface area contributed by atoms with Crippen LogP contribution in [-0.2, 0) is 16.6 Å². The van der Waals surface area contributed by atoms with E-state index in [0.29, 0.717) is 11.6 Å². The number of carbonyl (C=O) groups is 2. The number of fused-ring (bicyclic) bond motifs is 1. The number of amides is 2. The number of hydrogen-bond acceptors (Lipinski definition) is 5. The van der Waals surface area contributed by atoms with E-state index in [1.54, 1.807) is 41.1 Å². The standard InChI is InChI=1S/C13H20N4O4/c1-13(2,3)21-12(19)15-8-7-20-11-9(6-14-17(11)5)16(4)10(8)18/h6,8H,7H2,1-5H3,(H,15,19)/t8-/m0/s1. The van der Waals surface area contributed by atoms with Crippen LogP contribution in [0.15, 0.2) is 6.20 Å². The van der Waals surface area contributed by atoms with Crippen molar-refractivity contribution in [3.63, 3.8) is 0 Å². The first-order chi connectivity index (χ1) is 9.69. The monoisotopic (exact) mass is 296 g/mol. The van der Waals surface area contributed by atoms with E-state index in [1.165, 1.54) is 9.58 Å². The first kappa shape index (κ1) is 15.1. The molecule has 0 saturated carbocycles. The molecule has 1 atom stereocenters. The lowest BCUT2D eigenvalue weighted by Crippen LogP contribution is -2.50. The summed E-state index contributed by atoms with van der Waals surface area (Å²) in [5.74, 6) is 0.201. The summed E-state index contributed by atoms with van der Waals surface area (Å²) >= 11 is 0. The van der Waals surface area contributed by atoms with Crippen molar-refractivity contribution < 1.29 is 19.1 Å². The van der Waals surface area contributed by atoms with Crippen molar-refractivity contribution in [3.05, 3.63) is 6.20 Å². The second-order valence-electron chi connectivity index (χ2n) is 5.87. The Kier molecular flexibility index (Phi) is 3.80. The van der Waals surface area contributed by atoms with Crippen LogP contribution in [0, 0.1) is 0 Å². The molecule has 0 saturated heterocycles. The van der Waals surface area contributed by atoms with Gasteiger partial charge >= 0.3 is 6.09 Å². The van der Waals surface area contributed by atoms with Crippen molar-refractivity contribution in [2.24, 2.45) is 7.05 Å². The molecule has 116 valence electrons. The number of anilines is 1. The summed E-state index contributed by atoms with van der Waals surface area (Å²) in [4.78, 5) is 25.6. The minimum atomic E-state index is -0.808. The van der Waals surface area contributed by atoms with Gasteiger partial charge in [0, 0.05) is 14.1 Å². The van der Waals surface area contributed by atoms with Gasteiger partial charge in [0.2, 0.25) is 5.88 Å². The van der Waals surface area contributed by atoms with Gasteiger partial charge in [0.1, 0.15) is 23.9 Å². The van der Waals surface area contributed by atoms with Crippen LogP contribution in [0.4, 0.5) is 10.5 Å². The average Bonchev–Trinajstić information content (AvgIpc) is 2.66. The number of carbonyl (C=O) groups excluding carboxylic acids is 2. The first-order valence-corrected chi connectivity index (χ1v) is 6.61. The lowest BCUT2D eigenvalue weighted by atomic mass is 10.2. The van der Waals surface area contributed by atoms with E-state index in [0.717, 1.165) is 0 Å². The second kappa shape index (κ2) is 5.27. The van der Waals surface area contributed by atoms with E-state index in [1.807, 2.05) is 0 Å². The minimum Gasteiger partial charge on any atom is -0.474 e. The van der Waals surface area contributed by atoms with Crippen molar-refractivity contribution in [2.75, 3.05) is 18.6 Å². The average molecular weight is 296 g/mol. The van der Waals surface area contributed by atoms with Crippen LogP contribution in [-0.4, -0.2) is 47.1 Å². The molecule has 1 aliphatic heterocycles. The van der Waals surface area contributed by atoms with E-state index in [2.05, 4.69) is 10.4 Å². The molecule has 8 nitrogen and oxygen atoms in total. The molecular weight excluding hydrogens is 276 g/mol. The summed E-state index contributed by atoms with van der Waals surface area (Å²) < 4.78 is 12.3. The van der Waals surface area contributed by atoms with E-state index < -0.39 is 17.7 Å². The predicted molar refractivity (Wildman–Crippen MR) is 75.3 cm³/mol. The highest BCUT2D eigenvalue weighted by molar-refractivity contribution is 5.99. The topological polar surface area (TPSA) is 85.7 Å². The Morgan fingerprint density at radius 3 is 2.76 bits per heavy atom. The fourth-order valence-corrected chi connectivity index (χ4v) is 1.95. The summed E-state index contributed by atoms with van der Waals surface area (Å²) in [5.41, 5.74) is -0.0617. The summed E-state index contributed by atoms with van der Waals surface area (Å²) in [6.45, 7) is 5.29. The number of nitrogens with one attached hydrogen (secondary N) is 1. The van der Waals surface area contributed by atoms with E-state index in [4.69, 9.17) is 9.47 Å². The van der Waals surface area contributed by atoms with Gasteiger partial charge in [-0.2, -0.15) is 5.10 Å². The van der Waals surface area contributed by atoms with E-state index >= 15 is 0 Å². The highest BCUT2D eigenvalue weighted by atomic mass is 16.6. The molecular formula is C13H20N4O4. The normalized spacial score (nSPS) is 18.6. The number of rotatable bonds is 1. The molecule has 2 amide bonds.